The Labute approximate surface area is 113 Å². The largest absolute Gasteiger partial charge is 0.363 e. The summed E-state index contributed by atoms with van der Waals surface area (Å²) in [5.41, 5.74) is 0.869. The molecule has 1 aromatic rings. The van der Waals surface area contributed by atoms with Gasteiger partial charge >= 0.3 is 0 Å². The van der Waals surface area contributed by atoms with E-state index in [-0.39, 0.29) is 0 Å². The second kappa shape index (κ2) is 7.18. The first kappa shape index (κ1) is 15.6. The summed E-state index contributed by atoms with van der Waals surface area (Å²) >= 11 is 1.61. The number of thioether (sulfide) groups is 1. The summed E-state index contributed by atoms with van der Waals surface area (Å²) in [6.07, 6.45) is 3.47. The highest BCUT2D eigenvalue weighted by Crippen LogP contribution is 2.10. The fourth-order valence-corrected chi connectivity index (χ4v) is 2.84. The lowest BCUT2D eigenvalue weighted by Crippen LogP contribution is -2.25. The van der Waals surface area contributed by atoms with Gasteiger partial charge in [-0.15, -0.1) is 0 Å². The second-order valence-corrected chi connectivity index (χ2v) is 7.04. The summed E-state index contributed by atoms with van der Waals surface area (Å²) in [4.78, 5) is 3.27. The minimum atomic E-state index is -3.37. The molecule has 0 unspecified atom stereocenters. The Balaban J connectivity index is 2.60. The molecule has 0 amide bonds. The lowest BCUT2D eigenvalue weighted by molar-refractivity contribution is 0.581. The van der Waals surface area contributed by atoms with Crippen LogP contribution in [0.2, 0.25) is 0 Å². The Bertz CT molecular complexity index is 455. The van der Waals surface area contributed by atoms with Crippen molar-refractivity contribution in [1.82, 2.24) is 15.0 Å². The van der Waals surface area contributed by atoms with E-state index in [1.807, 2.05) is 20.1 Å². The molecule has 0 fully saturated rings. The molecule has 1 heterocycles. The van der Waals surface area contributed by atoms with E-state index in [0.717, 1.165) is 11.4 Å². The average molecular weight is 291 g/mol. The maximum atomic E-state index is 11.9. The molecule has 1 aromatic heterocycles. The van der Waals surface area contributed by atoms with Crippen molar-refractivity contribution in [2.24, 2.45) is 0 Å². The smallest absolute Gasteiger partial charge is 0.242 e. The van der Waals surface area contributed by atoms with E-state index in [1.54, 1.807) is 17.8 Å². The Morgan fingerprint density at radius 3 is 2.78 bits per heavy atom. The third-order valence-electron chi connectivity index (χ3n) is 2.33. The first-order valence-corrected chi connectivity index (χ1v) is 8.72. The number of sulfonamides is 1. The van der Waals surface area contributed by atoms with Crippen molar-refractivity contribution in [3.8, 4) is 0 Å². The molecule has 0 saturated heterocycles. The number of hydrogen-bond donors (Lipinski definition) is 3. The van der Waals surface area contributed by atoms with Crippen molar-refractivity contribution < 1.29 is 8.42 Å². The fraction of sp³-hybridized carbons (Fsp3) is 0.636. The Hall–Kier alpha value is -0.500. The van der Waals surface area contributed by atoms with Gasteiger partial charge in [-0.05, 0) is 12.3 Å². The van der Waals surface area contributed by atoms with Crippen LogP contribution in [0.25, 0.3) is 0 Å². The third-order valence-corrected chi connectivity index (χ3v) is 4.38. The lowest BCUT2D eigenvalue weighted by Gasteiger charge is -2.05. The van der Waals surface area contributed by atoms with Crippen LogP contribution in [0, 0.1) is 0 Å². The minimum Gasteiger partial charge on any atom is -0.363 e. The molecule has 1 rings (SSSR count). The minimum absolute atomic E-state index is 0.296. The maximum absolute atomic E-state index is 11.9. The predicted octanol–water partition coefficient (Wildman–Crippen LogP) is 1.15. The SMILES string of the molecule is CSCCNS(=O)(=O)c1c[nH]c(CNC(C)C)c1. The molecule has 104 valence electrons. The maximum Gasteiger partial charge on any atom is 0.242 e. The van der Waals surface area contributed by atoms with Crippen LogP contribution >= 0.6 is 11.8 Å². The summed E-state index contributed by atoms with van der Waals surface area (Å²) in [6.45, 7) is 5.18. The van der Waals surface area contributed by atoms with Crippen LogP contribution in [-0.2, 0) is 16.6 Å². The molecular weight excluding hydrogens is 270 g/mol. The van der Waals surface area contributed by atoms with Crippen molar-refractivity contribution in [2.45, 2.75) is 31.3 Å². The monoisotopic (exact) mass is 291 g/mol. The zero-order valence-electron chi connectivity index (χ0n) is 11.0. The van der Waals surface area contributed by atoms with Crippen molar-refractivity contribution in [2.75, 3.05) is 18.6 Å². The van der Waals surface area contributed by atoms with Gasteiger partial charge in [-0.3, -0.25) is 0 Å². The first-order valence-electron chi connectivity index (χ1n) is 5.85. The summed E-state index contributed by atoms with van der Waals surface area (Å²) in [7, 11) is -3.37. The van der Waals surface area contributed by atoms with Crippen LogP contribution in [-0.4, -0.2) is 38.0 Å². The van der Waals surface area contributed by atoms with Crippen molar-refractivity contribution >= 4 is 21.8 Å². The number of aromatic amines is 1. The highest BCUT2D eigenvalue weighted by molar-refractivity contribution is 7.98. The molecule has 3 N–H and O–H groups in total. The van der Waals surface area contributed by atoms with Crippen LogP contribution in [0.5, 0.6) is 0 Å². The normalized spacial score (nSPS) is 12.2. The van der Waals surface area contributed by atoms with Gasteiger partial charge < -0.3 is 10.3 Å². The number of H-pyrrole nitrogens is 1. The molecule has 0 aromatic carbocycles. The summed E-state index contributed by atoms with van der Waals surface area (Å²) in [5, 5.41) is 3.23. The zero-order valence-corrected chi connectivity index (χ0v) is 12.6. The van der Waals surface area contributed by atoms with E-state index in [1.165, 1.54) is 6.20 Å². The van der Waals surface area contributed by atoms with Gasteiger partial charge in [0.05, 0.1) is 4.90 Å². The van der Waals surface area contributed by atoms with Gasteiger partial charge in [0.25, 0.3) is 0 Å². The summed E-state index contributed by atoms with van der Waals surface area (Å²) in [6, 6.07) is 2.03. The first-order chi connectivity index (χ1) is 8.45. The molecule has 5 nitrogen and oxygen atoms in total. The molecule has 0 aliphatic carbocycles. The highest BCUT2D eigenvalue weighted by atomic mass is 32.2. The molecule has 0 aliphatic heterocycles. The predicted molar refractivity (Wildman–Crippen MR) is 76.3 cm³/mol. The van der Waals surface area contributed by atoms with Gasteiger partial charge in [-0.1, -0.05) is 13.8 Å². The average Bonchev–Trinajstić information content (AvgIpc) is 2.76. The summed E-state index contributed by atoms with van der Waals surface area (Å²) in [5.74, 6) is 0.769. The van der Waals surface area contributed by atoms with Gasteiger partial charge in [0.1, 0.15) is 0 Å². The number of rotatable bonds is 8. The van der Waals surface area contributed by atoms with Gasteiger partial charge in [0, 0.05) is 36.8 Å². The van der Waals surface area contributed by atoms with Crippen LogP contribution < -0.4 is 10.0 Å². The molecule has 7 heteroatoms. The van der Waals surface area contributed by atoms with Gasteiger partial charge in [-0.25, -0.2) is 13.1 Å². The van der Waals surface area contributed by atoms with E-state index in [0.29, 0.717) is 24.0 Å². The van der Waals surface area contributed by atoms with Gasteiger partial charge in [0.15, 0.2) is 0 Å². The van der Waals surface area contributed by atoms with E-state index >= 15 is 0 Å². The highest BCUT2D eigenvalue weighted by Gasteiger charge is 2.15. The van der Waals surface area contributed by atoms with E-state index in [4.69, 9.17) is 0 Å². The lowest BCUT2D eigenvalue weighted by atomic mass is 10.3. The van der Waals surface area contributed by atoms with E-state index in [9.17, 15) is 8.42 Å². The standard InChI is InChI=1S/C11H21N3O2S2/c1-9(2)12-7-10-6-11(8-13-10)18(15,16)14-4-5-17-3/h6,8-9,12-14H,4-5,7H2,1-3H3. The fourth-order valence-electron chi connectivity index (χ4n) is 1.35. The molecule has 18 heavy (non-hydrogen) atoms. The second-order valence-electron chi connectivity index (χ2n) is 4.29. The molecule has 0 spiro atoms. The third kappa shape index (κ3) is 5.01. The molecule has 0 radical (unpaired) electrons. The van der Waals surface area contributed by atoms with Crippen LogP contribution in [0.4, 0.5) is 0 Å². The van der Waals surface area contributed by atoms with Gasteiger partial charge in [0.2, 0.25) is 10.0 Å². The quantitative estimate of drug-likeness (QED) is 0.628. The Kier molecular flexibility index (Phi) is 6.20. The van der Waals surface area contributed by atoms with Crippen molar-refractivity contribution in [1.29, 1.82) is 0 Å². The molecule has 0 aliphatic rings. The van der Waals surface area contributed by atoms with E-state index in [2.05, 4.69) is 15.0 Å². The molecule has 0 atom stereocenters. The van der Waals surface area contributed by atoms with E-state index < -0.39 is 10.0 Å². The van der Waals surface area contributed by atoms with Crippen molar-refractivity contribution in [3.05, 3.63) is 18.0 Å². The van der Waals surface area contributed by atoms with Crippen molar-refractivity contribution in [3.63, 3.8) is 0 Å². The Morgan fingerprint density at radius 2 is 2.17 bits per heavy atom. The molecular formula is C11H21N3O2S2. The van der Waals surface area contributed by atoms with Crippen LogP contribution in [0.1, 0.15) is 19.5 Å². The summed E-state index contributed by atoms with van der Waals surface area (Å²) < 4.78 is 26.4. The van der Waals surface area contributed by atoms with Crippen LogP contribution in [0.3, 0.4) is 0 Å². The Morgan fingerprint density at radius 1 is 1.44 bits per heavy atom. The number of hydrogen-bond acceptors (Lipinski definition) is 4. The number of aromatic nitrogens is 1. The number of nitrogens with one attached hydrogen (secondary N) is 3. The molecule has 0 bridgehead atoms. The van der Waals surface area contributed by atoms with Crippen LogP contribution in [0.15, 0.2) is 17.2 Å². The topological polar surface area (TPSA) is 74.0 Å². The zero-order chi connectivity index (χ0) is 13.6. The molecule has 0 saturated carbocycles. The van der Waals surface area contributed by atoms with Gasteiger partial charge in [-0.2, -0.15) is 11.8 Å².